The van der Waals surface area contributed by atoms with E-state index in [9.17, 15) is 9.90 Å². The van der Waals surface area contributed by atoms with Crippen LogP contribution in [0.2, 0.25) is 0 Å². The molecule has 0 aromatic heterocycles. The number of fused-ring (bicyclic) bond motifs is 1. The summed E-state index contributed by atoms with van der Waals surface area (Å²) in [5.41, 5.74) is 0.722. The summed E-state index contributed by atoms with van der Waals surface area (Å²) in [7, 11) is 0. The van der Waals surface area contributed by atoms with Crippen molar-refractivity contribution >= 4 is 23.2 Å². The van der Waals surface area contributed by atoms with E-state index in [0.717, 1.165) is 0 Å². The van der Waals surface area contributed by atoms with Gasteiger partial charge < -0.3 is 5.11 Å². The summed E-state index contributed by atoms with van der Waals surface area (Å²) in [5, 5.41) is 9.74. The van der Waals surface area contributed by atoms with Crippen LogP contribution in [0.1, 0.15) is 18.6 Å². The van der Waals surface area contributed by atoms with E-state index in [1.807, 2.05) is 12.1 Å². The molecule has 2 atom stereocenters. The molecule has 2 unspecified atom stereocenters. The molecule has 2 rings (SSSR count). The Morgan fingerprint density at radius 1 is 1.50 bits per heavy atom. The van der Waals surface area contributed by atoms with Crippen LogP contribution in [0.5, 0.6) is 0 Å². The Bertz CT molecular complexity index is 380. The van der Waals surface area contributed by atoms with Crippen LogP contribution < -0.4 is 4.90 Å². The van der Waals surface area contributed by atoms with E-state index in [0.29, 0.717) is 11.3 Å². The van der Waals surface area contributed by atoms with Gasteiger partial charge in [0.05, 0.1) is 5.69 Å². The molecular weight excluding hydrogens is 202 g/mol. The van der Waals surface area contributed by atoms with Crippen molar-refractivity contribution in [3.63, 3.8) is 0 Å². The summed E-state index contributed by atoms with van der Waals surface area (Å²) in [4.78, 5) is 12.7. The van der Waals surface area contributed by atoms with Crippen LogP contribution in [-0.2, 0) is 4.79 Å². The number of benzene rings is 1. The number of amides is 1. The fraction of sp³-hybridized carbons (Fsp3) is 0.300. The van der Waals surface area contributed by atoms with Crippen molar-refractivity contribution in [3.05, 3.63) is 29.8 Å². The quantitative estimate of drug-likeness (QED) is 0.524. The molecule has 1 heterocycles. The Labute approximate surface area is 86.9 Å². The number of alkyl halides is 1. The van der Waals surface area contributed by atoms with Gasteiger partial charge in [-0.3, -0.25) is 9.69 Å². The lowest BCUT2D eigenvalue weighted by molar-refractivity contribution is -0.116. The van der Waals surface area contributed by atoms with Gasteiger partial charge in [-0.25, -0.2) is 0 Å². The monoisotopic (exact) mass is 211 g/mol. The summed E-state index contributed by atoms with van der Waals surface area (Å²) in [6.45, 7) is 1.43. The summed E-state index contributed by atoms with van der Waals surface area (Å²) in [6.07, 6.45) is -0.795. The molecule has 1 aromatic carbocycles. The van der Waals surface area contributed by atoms with Crippen molar-refractivity contribution in [3.8, 4) is 0 Å². The summed E-state index contributed by atoms with van der Waals surface area (Å²) >= 11 is 5.94. The molecule has 1 aliphatic rings. The molecule has 0 saturated heterocycles. The number of hydrogen-bond acceptors (Lipinski definition) is 2. The Kier molecular flexibility index (Phi) is 2.21. The highest BCUT2D eigenvalue weighted by atomic mass is 35.5. The molecule has 0 saturated carbocycles. The van der Waals surface area contributed by atoms with E-state index >= 15 is 0 Å². The molecular formula is C10H10ClNO2. The number of hydrogen-bond donors (Lipinski definition) is 1. The number of para-hydroxylation sites is 1. The molecule has 74 valence electrons. The second kappa shape index (κ2) is 3.26. The molecule has 1 aromatic rings. The smallest absolute Gasteiger partial charge is 0.225 e. The van der Waals surface area contributed by atoms with Crippen molar-refractivity contribution in [1.29, 1.82) is 0 Å². The largest absolute Gasteiger partial charge is 0.385 e. The molecule has 1 aliphatic heterocycles. The second-order valence-corrected chi connectivity index (χ2v) is 3.71. The van der Waals surface area contributed by atoms with Gasteiger partial charge in [0, 0.05) is 12.5 Å². The van der Waals surface area contributed by atoms with Crippen LogP contribution in [0.25, 0.3) is 0 Å². The van der Waals surface area contributed by atoms with Crippen LogP contribution >= 0.6 is 11.6 Å². The predicted molar refractivity (Wildman–Crippen MR) is 54.2 cm³/mol. The third kappa shape index (κ3) is 1.21. The third-order valence-electron chi connectivity index (χ3n) is 2.36. The van der Waals surface area contributed by atoms with Gasteiger partial charge in [-0.15, -0.1) is 0 Å². The molecule has 3 nitrogen and oxygen atoms in total. The number of rotatable bonds is 0. The van der Waals surface area contributed by atoms with Crippen LogP contribution in [-0.4, -0.2) is 16.5 Å². The normalized spacial score (nSPS) is 24.9. The molecule has 0 fully saturated rings. The zero-order chi connectivity index (χ0) is 10.3. The number of aliphatic hydroxyl groups is 1. The van der Waals surface area contributed by atoms with E-state index < -0.39 is 11.6 Å². The molecule has 0 spiro atoms. The van der Waals surface area contributed by atoms with E-state index in [-0.39, 0.29) is 5.91 Å². The fourth-order valence-corrected chi connectivity index (χ4v) is 2.10. The summed E-state index contributed by atoms with van der Waals surface area (Å²) in [6, 6.07) is 7.19. The van der Waals surface area contributed by atoms with Gasteiger partial charge in [-0.1, -0.05) is 29.8 Å². The minimum atomic E-state index is -0.795. The minimum Gasteiger partial charge on any atom is -0.385 e. The Balaban J connectivity index is 2.53. The Morgan fingerprint density at radius 3 is 2.79 bits per heavy atom. The minimum absolute atomic E-state index is 0.158. The first kappa shape index (κ1) is 9.49. The molecule has 4 heteroatoms. The van der Waals surface area contributed by atoms with Gasteiger partial charge in [0.15, 0.2) is 0 Å². The highest BCUT2D eigenvalue weighted by Gasteiger charge is 2.37. The number of carbonyl (C=O) groups is 1. The first-order valence-corrected chi connectivity index (χ1v) is 4.77. The van der Waals surface area contributed by atoms with Crippen LogP contribution in [0.15, 0.2) is 24.3 Å². The maximum Gasteiger partial charge on any atom is 0.225 e. The lowest BCUT2D eigenvalue weighted by Gasteiger charge is -2.19. The number of anilines is 1. The summed E-state index contributed by atoms with van der Waals surface area (Å²) < 4.78 is 0. The van der Waals surface area contributed by atoms with Crippen LogP contribution in [0.4, 0.5) is 5.69 Å². The Morgan fingerprint density at radius 2 is 2.14 bits per heavy atom. The van der Waals surface area contributed by atoms with E-state index in [4.69, 9.17) is 11.6 Å². The number of aliphatic hydroxyl groups excluding tert-OH is 1. The zero-order valence-corrected chi connectivity index (χ0v) is 8.40. The van der Waals surface area contributed by atoms with E-state index in [2.05, 4.69) is 0 Å². The van der Waals surface area contributed by atoms with Gasteiger partial charge >= 0.3 is 0 Å². The number of halogens is 1. The van der Waals surface area contributed by atoms with Gasteiger partial charge in [0.2, 0.25) is 5.91 Å². The highest BCUT2D eigenvalue weighted by Crippen LogP contribution is 2.40. The third-order valence-corrected chi connectivity index (χ3v) is 2.80. The molecule has 0 aliphatic carbocycles. The van der Waals surface area contributed by atoms with Crippen molar-refractivity contribution in [2.24, 2.45) is 0 Å². The van der Waals surface area contributed by atoms with Crippen molar-refractivity contribution in [2.45, 2.75) is 18.5 Å². The van der Waals surface area contributed by atoms with E-state index in [1.165, 1.54) is 11.8 Å². The number of nitrogens with zero attached hydrogens (tertiary/aromatic N) is 1. The molecule has 14 heavy (non-hydrogen) atoms. The molecule has 0 radical (unpaired) electrons. The maximum absolute atomic E-state index is 11.3. The Hall–Kier alpha value is -1.06. The lowest BCUT2D eigenvalue weighted by atomic mass is 10.1. The number of carbonyl (C=O) groups excluding carboxylic acids is 1. The van der Waals surface area contributed by atoms with Gasteiger partial charge in [0.25, 0.3) is 0 Å². The van der Waals surface area contributed by atoms with Crippen molar-refractivity contribution in [1.82, 2.24) is 0 Å². The average molecular weight is 212 g/mol. The van der Waals surface area contributed by atoms with Gasteiger partial charge in [0.1, 0.15) is 11.6 Å². The topological polar surface area (TPSA) is 40.5 Å². The average Bonchev–Trinajstić information content (AvgIpc) is 2.41. The molecule has 1 N–H and O–H groups in total. The predicted octanol–water partition coefficient (Wildman–Crippen LogP) is 1.65. The first-order valence-electron chi connectivity index (χ1n) is 4.34. The van der Waals surface area contributed by atoms with E-state index in [1.54, 1.807) is 12.1 Å². The standard InChI is InChI=1S/C10H10ClNO2/c1-6(13)12-8-5-3-2-4-7(8)9(14)10(12)11/h2-5,9-10,14H,1H3. The lowest BCUT2D eigenvalue weighted by Crippen LogP contribution is -2.33. The summed E-state index contributed by atoms with van der Waals surface area (Å²) in [5.74, 6) is -0.158. The molecule has 1 amide bonds. The van der Waals surface area contributed by atoms with Crippen LogP contribution in [0, 0.1) is 0 Å². The van der Waals surface area contributed by atoms with Crippen molar-refractivity contribution in [2.75, 3.05) is 4.90 Å². The highest BCUT2D eigenvalue weighted by molar-refractivity contribution is 6.25. The zero-order valence-electron chi connectivity index (χ0n) is 7.64. The van der Waals surface area contributed by atoms with Crippen molar-refractivity contribution < 1.29 is 9.90 Å². The fourth-order valence-electron chi connectivity index (χ4n) is 1.72. The maximum atomic E-state index is 11.3. The SMILES string of the molecule is CC(=O)N1c2ccccc2C(O)C1Cl. The second-order valence-electron chi connectivity index (χ2n) is 3.27. The van der Waals surface area contributed by atoms with Gasteiger partial charge in [-0.2, -0.15) is 0 Å². The van der Waals surface area contributed by atoms with Gasteiger partial charge in [-0.05, 0) is 6.07 Å². The van der Waals surface area contributed by atoms with Crippen LogP contribution in [0.3, 0.4) is 0 Å². The first-order chi connectivity index (χ1) is 6.63. The molecule has 0 bridgehead atoms.